The molecular weight excluding hydrogens is 312 g/mol. The second-order valence-electron chi connectivity index (χ2n) is 5.98. The largest absolute Gasteiger partial charge is 0.491 e. The highest BCUT2D eigenvalue weighted by molar-refractivity contribution is 6.19. The predicted molar refractivity (Wildman–Crippen MR) is 98.4 cm³/mol. The van der Waals surface area contributed by atoms with Gasteiger partial charge in [0.25, 0.3) is 0 Å². The minimum atomic E-state index is -0.289. The average molecular weight is 330 g/mol. The van der Waals surface area contributed by atoms with E-state index in [-0.39, 0.29) is 17.5 Å². The van der Waals surface area contributed by atoms with Crippen molar-refractivity contribution in [2.45, 2.75) is 20.0 Å². The molecular formula is C21H18N2O2. The van der Waals surface area contributed by atoms with Gasteiger partial charge in [-0.25, -0.2) is 0 Å². The molecule has 3 aromatic rings. The number of nitriles is 1. The Morgan fingerprint density at radius 2 is 1.88 bits per heavy atom. The van der Waals surface area contributed by atoms with Gasteiger partial charge in [-0.05, 0) is 43.7 Å². The molecule has 0 radical (unpaired) electrons. The standard InChI is InChI=1S/C21H18N2O2/c1-14(2)25-17-9-7-15(8-10-17)11-16(12-22)21(24)19-13-23-20-6-4-3-5-18(19)20/h3-11,13-14,23H,1-2H3/b16-11+. The van der Waals surface area contributed by atoms with Gasteiger partial charge in [0.15, 0.2) is 0 Å². The first-order valence-electron chi connectivity index (χ1n) is 8.08. The maximum absolute atomic E-state index is 12.7. The zero-order valence-electron chi connectivity index (χ0n) is 14.1. The molecule has 25 heavy (non-hydrogen) atoms. The highest BCUT2D eigenvalue weighted by Gasteiger charge is 2.16. The number of allylic oxidation sites excluding steroid dienone is 1. The molecule has 0 fully saturated rings. The van der Waals surface area contributed by atoms with Crippen molar-refractivity contribution in [3.8, 4) is 11.8 Å². The van der Waals surface area contributed by atoms with E-state index in [1.165, 1.54) is 0 Å². The average Bonchev–Trinajstić information content (AvgIpc) is 3.04. The Balaban J connectivity index is 1.90. The van der Waals surface area contributed by atoms with E-state index in [0.29, 0.717) is 5.56 Å². The van der Waals surface area contributed by atoms with Crippen LogP contribution in [-0.4, -0.2) is 16.9 Å². The molecule has 1 heterocycles. The molecule has 0 saturated carbocycles. The van der Waals surface area contributed by atoms with Crippen molar-refractivity contribution in [3.63, 3.8) is 0 Å². The van der Waals surface area contributed by atoms with Gasteiger partial charge in [0.05, 0.1) is 6.10 Å². The van der Waals surface area contributed by atoms with E-state index in [4.69, 9.17) is 4.74 Å². The number of hydrogen-bond donors (Lipinski definition) is 1. The Labute approximate surface area is 146 Å². The number of ether oxygens (including phenoxy) is 1. The fraction of sp³-hybridized carbons (Fsp3) is 0.143. The van der Waals surface area contributed by atoms with Gasteiger partial charge in [-0.15, -0.1) is 0 Å². The van der Waals surface area contributed by atoms with Crippen LogP contribution >= 0.6 is 0 Å². The first-order chi connectivity index (χ1) is 12.1. The van der Waals surface area contributed by atoms with Gasteiger partial charge in [0.1, 0.15) is 17.4 Å². The van der Waals surface area contributed by atoms with Crippen LogP contribution in [0, 0.1) is 11.3 Å². The van der Waals surface area contributed by atoms with Crippen LogP contribution in [0.15, 0.2) is 60.3 Å². The topological polar surface area (TPSA) is 65.9 Å². The number of rotatable bonds is 5. The molecule has 0 aliphatic heterocycles. The molecule has 0 bridgehead atoms. The lowest BCUT2D eigenvalue weighted by Crippen LogP contribution is -2.05. The number of nitrogens with zero attached hydrogens (tertiary/aromatic N) is 1. The SMILES string of the molecule is CC(C)Oc1ccc(/C=C(\C#N)C(=O)c2c[nH]c3ccccc23)cc1. The van der Waals surface area contributed by atoms with Crippen LogP contribution in [0.5, 0.6) is 5.75 Å². The molecule has 0 atom stereocenters. The van der Waals surface area contributed by atoms with Crippen LogP contribution in [0.3, 0.4) is 0 Å². The third-order valence-corrected chi connectivity index (χ3v) is 3.76. The summed E-state index contributed by atoms with van der Waals surface area (Å²) < 4.78 is 5.60. The smallest absolute Gasteiger partial charge is 0.205 e. The summed E-state index contributed by atoms with van der Waals surface area (Å²) in [7, 11) is 0. The van der Waals surface area contributed by atoms with E-state index in [9.17, 15) is 10.1 Å². The van der Waals surface area contributed by atoms with Crippen LogP contribution in [-0.2, 0) is 0 Å². The van der Waals surface area contributed by atoms with Gasteiger partial charge in [-0.1, -0.05) is 30.3 Å². The lowest BCUT2D eigenvalue weighted by atomic mass is 10.0. The molecule has 124 valence electrons. The third kappa shape index (κ3) is 3.61. The molecule has 0 aliphatic rings. The summed E-state index contributed by atoms with van der Waals surface area (Å²) >= 11 is 0. The quantitative estimate of drug-likeness (QED) is 0.417. The summed E-state index contributed by atoms with van der Waals surface area (Å²) in [5.41, 5.74) is 2.25. The monoisotopic (exact) mass is 330 g/mol. The third-order valence-electron chi connectivity index (χ3n) is 3.76. The second kappa shape index (κ2) is 7.06. The van der Waals surface area contributed by atoms with Gasteiger partial charge in [0.2, 0.25) is 5.78 Å². The summed E-state index contributed by atoms with van der Waals surface area (Å²) in [4.78, 5) is 15.8. The van der Waals surface area contributed by atoms with Crippen LogP contribution < -0.4 is 4.74 Å². The van der Waals surface area contributed by atoms with Crippen molar-refractivity contribution in [1.29, 1.82) is 5.26 Å². The predicted octanol–water partition coefficient (Wildman–Crippen LogP) is 4.74. The fourth-order valence-corrected chi connectivity index (χ4v) is 2.63. The zero-order valence-corrected chi connectivity index (χ0v) is 14.1. The number of carbonyl (C=O) groups is 1. The first kappa shape index (κ1) is 16.5. The number of carbonyl (C=O) groups excluding carboxylic acids is 1. The number of fused-ring (bicyclic) bond motifs is 1. The Hall–Kier alpha value is -3.32. The summed E-state index contributed by atoms with van der Waals surface area (Å²) in [5.74, 6) is 0.469. The van der Waals surface area contributed by atoms with Gasteiger partial charge in [-0.2, -0.15) is 5.26 Å². The van der Waals surface area contributed by atoms with E-state index < -0.39 is 0 Å². The number of aromatic amines is 1. The summed E-state index contributed by atoms with van der Waals surface area (Å²) in [6.45, 7) is 3.92. The highest BCUT2D eigenvalue weighted by atomic mass is 16.5. The van der Waals surface area contributed by atoms with E-state index in [1.807, 2.05) is 68.4 Å². The number of ketones is 1. The molecule has 0 unspecified atom stereocenters. The van der Waals surface area contributed by atoms with Crippen LogP contribution in [0.2, 0.25) is 0 Å². The number of hydrogen-bond acceptors (Lipinski definition) is 3. The van der Waals surface area contributed by atoms with Crippen molar-refractivity contribution in [2.24, 2.45) is 0 Å². The Morgan fingerprint density at radius 1 is 1.16 bits per heavy atom. The Kier molecular flexibility index (Phi) is 4.67. The van der Waals surface area contributed by atoms with E-state index in [2.05, 4.69) is 4.98 Å². The molecule has 3 rings (SSSR count). The van der Waals surface area contributed by atoms with Gasteiger partial charge in [-0.3, -0.25) is 4.79 Å². The number of H-pyrrole nitrogens is 1. The van der Waals surface area contributed by atoms with Crippen molar-refractivity contribution in [2.75, 3.05) is 0 Å². The molecule has 0 saturated heterocycles. The van der Waals surface area contributed by atoms with Crippen molar-refractivity contribution in [1.82, 2.24) is 4.98 Å². The van der Waals surface area contributed by atoms with Crippen LogP contribution in [0.4, 0.5) is 0 Å². The lowest BCUT2D eigenvalue weighted by Gasteiger charge is -2.09. The molecule has 4 heteroatoms. The Bertz CT molecular complexity index is 973. The number of aromatic nitrogens is 1. The Morgan fingerprint density at radius 3 is 2.56 bits per heavy atom. The van der Waals surface area contributed by atoms with Crippen LogP contribution in [0.25, 0.3) is 17.0 Å². The second-order valence-corrected chi connectivity index (χ2v) is 5.98. The van der Waals surface area contributed by atoms with Gasteiger partial charge < -0.3 is 9.72 Å². The highest BCUT2D eigenvalue weighted by Crippen LogP contribution is 2.22. The summed E-state index contributed by atoms with van der Waals surface area (Å²) in [6.07, 6.45) is 3.35. The molecule has 1 aromatic heterocycles. The number of benzene rings is 2. The molecule has 0 spiro atoms. The van der Waals surface area contributed by atoms with E-state index in [1.54, 1.807) is 12.3 Å². The maximum Gasteiger partial charge on any atom is 0.205 e. The van der Waals surface area contributed by atoms with Crippen molar-refractivity contribution < 1.29 is 9.53 Å². The summed E-state index contributed by atoms with van der Waals surface area (Å²) in [5, 5.41) is 10.2. The molecule has 0 amide bonds. The van der Waals surface area contributed by atoms with E-state index >= 15 is 0 Å². The van der Waals surface area contributed by atoms with Crippen molar-refractivity contribution in [3.05, 3.63) is 71.4 Å². The molecule has 1 N–H and O–H groups in total. The number of para-hydroxylation sites is 1. The number of nitrogens with one attached hydrogen (secondary N) is 1. The molecule has 4 nitrogen and oxygen atoms in total. The van der Waals surface area contributed by atoms with Crippen LogP contribution in [0.1, 0.15) is 29.8 Å². The molecule has 0 aliphatic carbocycles. The molecule has 2 aromatic carbocycles. The lowest BCUT2D eigenvalue weighted by molar-refractivity contribution is 0.104. The van der Waals surface area contributed by atoms with E-state index in [0.717, 1.165) is 22.2 Å². The normalized spacial score (nSPS) is 11.5. The number of Topliss-reactive ketones (excluding diaryl/α,β-unsaturated/α-hetero) is 1. The van der Waals surface area contributed by atoms with Crippen molar-refractivity contribution >= 4 is 22.8 Å². The maximum atomic E-state index is 12.7. The first-order valence-corrected chi connectivity index (χ1v) is 8.08. The van der Waals surface area contributed by atoms with Gasteiger partial charge in [0, 0.05) is 22.7 Å². The minimum Gasteiger partial charge on any atom is -0.491 e. The minimum absolute atomic E-state index is 0.0968. The van der Waals surface area contributed by atoms with Gasteiger partial charge >= 0.3 is 0 Å². The summed E-state index contributed by atoms with van der Waals surface area (Å²) in [6, 6.07) is 16.9. The fourth-order valence-electron chi connectivity index (χ4n) is 2.63. The zero-order chi connectivity index (χ0) is 17.8.